The normalized spacial score (nSPS) is 20.9. The summed E-state index contributed by atoms with van der Waals surface area (Å²) in [7, 11) is 0. The van der Waals surface area contributed by atoms with Gasteiger partial charge in [0.1, 0.15) is 6.10 Å². The second kappa shape index (κ2) is 6.29. The lowest BCUT2D eigenvalue weighted by Crippen LogP contribution is -2.43. The van der Waals surface area contributed by atoms with Crippen LogP contribution in [0, 0.1) is 6.92 Å². The quantitative estimate of drug-likeness (QED) is 0.800. The van der Waals surface area contributed by atoms with E-state index >= 15 is 0 Å². The van der Waals surface area contributed by atoms with Gasteiger partial charge in [0.25, 0.3) is 0 Å². The summed E-state index contributed by atoms with van der Waals surface area (Å²) in [5.41, 5.74) is 2.92. The Hall–Kier alpha value is -1.84. The largest absolute Gasteiger partial charge is 0.457 e. The highest BCUT2D eigenvalue weighted by atomic mass is 16.5. The van der Waals surface area contributed by atoms with E-state index in [9.17, 15) is 9.59 Å². The zero-order chi connectivity index (χ0) is 15.6. The van der Waals surface area contributed by atoms with Crippen LogP contribution in [0.2, 0.25) is 0 Å². The molecule has 0 spiro atoms. The van der Waals surface area contributed by atoms with Crippen LogP contribution in [0.4, 0.5) is 5.69 Å². The van der Waals surface area contributed by atoms with E-state index in [0.29, 0.717) is 19.3 Å². The van der Waals surface area contributed by atoms with Gasteiger partial charge in [-0.2, -0.15) is 0 Å². The first kappa shape index (κ1) is 15.5. The minimum Gasteiger partial charge on any atom is -0.457 e. The highest BCUT2D eigenvalue weighted by Crippen LogP contribution is 2.40. The number of ether oxygens (including phenoxy) is 1. The first-order valence-electron chi connectivity index (χ1n) is 7.60. The molecule has 0 N–H and O–H groups in total. The molecule has 0 radical (unpaired) electrons. The van der Waals surface area contributed by atoms with Gasteiger partial charge in [-0.05, 0) is 19.9 Å². The maximum absolute atomic E-state index is 12.2. The van der Waals surface area contributed by atoms with E-state index in [1.54, 1.807) is 6.92 Å². The number of fused-ring (bicyclic) bond motifs is 1. The molecule has 1 heterocycles. The maximum atomic E-state index is 12.2. The van der Waals surface area contributed by atoms with Crippen LogP contribution in [-0.2, 0) is 14.3 Å². The third-order valence-corrected chi connectivity index (χ3v) is 3.92. The highest BCUT2D eigenvalue weighted by Gasteiger charge is 2.34. The fourth-order valence-electron chi connectivity index (χ4n) is 2.83. The molecule has 4 heteroatoms. The molecule has 1 aromatic rings. The number of carbonyl (C=O) groups excluding carboxylic acids is 2. The third kappa shape index (κ3) is 3.09. The average Bonchev–Trinajstić information content (AvgIpc) is 2.47. The van der Waals surface area contributed by atoms with Crippen molar-refractivity contribution in [1.29, 1.82) is 0 Å². The molecule has 2 rings (SSSR count). The third-order valence-electron chi connectivity index (χ3n) is 3.92. The Bertz CT molecular complexity index is 553. The Labute approximate surface area is 126 Å². The number of nitrogens with zero attached hydrogens (tertiary/aromatic N) is 1. The molecule has 0 saturated carbocycles. The molecule has 2 atom stereocenters. The van der Waals surface area contributed by atoms with Crippen molar-refractivity contribution < 1.29 is 14.3 Å². The van der Waals surface area contributed by atoms with E-state index in [4.69, 9.17) is 4.74 Å². The topological polar surface area (TPSA) is 46.6 Å². The lowest BCUT2D eigenvalue weighted by Gasteiger charge is -2.39. The Balaban J connectivity index is 2.44. The number of hydrogen-bond acceptors (Lipinski definition) is 3. The van der Waals surface area contributed by atoms with Crippen molar-refractivity contribution in [3.8, 4) is 0 Å². The summed E-state index contributed by atoms with van der Waals surface area (Å²) in [6.45, 7) is 7.66. The van der Waals surface area contributed by atoms with E-state index in [-0.39, 0.29) is 24.0 Å². The minimum atomic E-state index is -0.261. The number of anilines is 1. The van der Waals surface area contributed by atoms with Crippen molar-refractivity contribution in [3.05, 3.63) is 29.3 Å². The second-order valence-corrected chi connectivity index (χ2v) is 5.60. The Morgan fingerprint density at radius 1 is 1.29 bits per heavy atom. The number of aryl methyl sites for hydroxylation is 1. The number of esters is 1. The molecule has 0 aromatic heterocycles. The van der Waals surface area contributed by atoms with E-state index in [1.165, 1.54) is 0 Å². The Kier molecular flexibility index (Phi) is 4.66. The van der Waals surface area contributed by atoms with Gasteiger partial charge < -0.3 is 9.64 Å². The lowest BCUT2D eigenvalue weighted by molar-refractivity contribution is -0.149. The molecule has 114 valence electrons. The summed E-state index contributed by atoms with van der Waals surface area (Å²) in [6.07, 6.45) is 1.22. The van der Waals surface area contributed by atoms with Crippen molar-refractivity contribution in [3.63, 3.8) is 0 Å². The number of benzene rings is 1. The van der Waals surface area contributed by atoms with E-state index in [0.717, 1.165) is 16.8 Å². The first-order valence-corrected chi connectivity index (χ1v) is 7.60. The minimum absolute atomic E-state index is 0.0299. The fraction of sp³-hybridized carbons (Fsp3) is 0.529. The van der Waals surface area contributed by atoms with Crippen molar-refractivity contribution in [2.24, 2.45) is 0 Å². The predicted molar refractivity (Wildman–Crippen MR) is 82.2 cm³/mol. The van der Waals surface area contributed by atoms with Crippen LogP contribution in [0.1, 0.15) is 57.3 Å². The first-order chi connectivity index (χ1) is 9.97. The molecule has 0 unspecified atom stereocenters. The van der Waals surface area contributed by atoms with Gasteiger partial charge >= 0.3 is 5.97 Å². The van der Waals surface area contributed by atoms with Gasteiger partial charge in [0.2, 0.25) is 5.91 Å². The van der Waals surface area contributed by atoms with Crippen LogP contribution in [0.3, 0.4) is 0 Å². The molecule has 1 aromatic carbocycles. The molecule has 21 heavy (non-hydrogen) atoms. The van der Waals surface area contributed by atoms with Gasteiger partial charge in [-0.3, -0.25) is 9.59 Å². The number of carbonyl (C=O) groups is 2. The van der Waals surface area contributed by atoms with Crippen LogP contribution in [0.5, 0.6) is 0 Å². The van der Waals surface area contributed by atoms with Gasteiger partial charge in [-0.15, -0.1) is 0 Å². The van der Waals surface area contributed by atoms with E-state index in [1.807, 2.05) is 43.9 Å². The summed E-state index contributed by atoms with van der Waals surface area (Å²) in [4.78, 5) is 25.7. The molecule has 1 amide bonds. The molecular formula is C17H23NO3. The zero-order valence-electron chi connectivity index (χ0n) is 13.2. The summed E-state index contributed by atoms with van der Waals surface area (Å²) in [5.74, 6) is -0.0946. The molecule has 4 nitrogen and oxygen atoms in total. The standard InChI is InChI=1S/C17H23NO3/c1-5-16(19)18-12(4)10-15(21-17(20)6-2)13-9-11(3)7-8-14(13)18/h7-9,12,15H,5-6,10H2,1-4H3/t12-,15-/m1/s1. The van der Waals surface area contributed by atoms with Crippen LogP contribution < -0.4 is 4.90 Å². The molecule has 1 aliphatic rings. The van der Waals surface area contributed by atoms with Crippen molar-refractivity contribution in [1.82, 2.24) is 0 Å². The van der Waals surface area contributed by atoms with Crippen molar-refractivity contribution in [2.45, 2.75) is 59.1 Å². The molecule has 0 aliphatic carbocycles. The van der Waals surface area contributed by atoms with E-state index < -0.39 is 0 Å². The van der Waals surface area contributed by atoms with Gasteiger partial charge in [-0.25, -0.2) is 0 Å². The average molecular weight is 289 g/mol. The fourth-order valence-corrected chi connectivity index (χ4v) is 2.83. The molecule has 0 fully saturated rings. The summed E-state index contributed by atoms with van der Waals surface area (Å²) in [6, 6.07) is 6.00. The maximum Gasteiger partial charge on any atom is 0.306 e. The smallest absolute Gasteiger partial charge is 0.306 e. The highest BCUT2D eigenvalue weighted by molar-refractivity contribution is 5.95. The van der Waals surface area contributed by atoms with Crippen LogP contribution in [0.15, 0.2) is 18.2 Å². The zero-order valence-corrected chi connectivity index (χ0v) is 13.2. The SMILES string of the molecule is CCC(=O)O[C@@H]1C[C@@H](C)N(C(=O)CC)c2ccc(C)cc21. The van der Waals surface area contributed by atoms with Crippen molar-refractivity contribution >= 4 is 17.6 Å². The summed E-state index contributed by atoms with van der Waals surface area (Å²) >= 11 is 0. The number of hydrogen-bond donors (Lipinski definition) is 0. The van der Waals surface area contributed by atoms with Crippen LogP contribution in [0.25, 0.3) is 0 Å². The molecule has 1 aliphatic heterocycles. The second-order valence-electron chi connectivity index (χ2n) is 5.60. The van der Waals surface area contributed by atoms with Crippen LogP contribution >= 0.6 is 0 Å². The van der Waals surface area contributed by atoms with E-state index in [2.05, 4.69) is 0 Å². The van der Waals surface area contributed by atoms with Gasteiger partial charge in [0.15, 0.2) is 0 Å². The Morgan fingerprint density at radius 2 is 2.00 bits per heavy atom. The number of rotatable bonds is 3. The van der Waals surface area contributed by atoms with Gasteiger partial charge in [0.05, 0.1) is 5.69 Å². The lowest BCUT2D eigenvalue weighted by atomic mass is 9.92. The monoisotopic (exact) mass is 289 g/mol. The van der Waals surface area contributed by atoms with Crippen molar-refractivity contribution in [2.75, 3.05) is 4.90 Å². The van der Waals surface area contributed by atoms with Gasteiger partial charge in [-0.1, -0.05) is 31.5 Å². The number of amides is 1. The Morgan fingerprint density at radius 3 is 2.62 bits per heavy atom. The molecule has 0 bridgehead atoms. The molecule has 0 saturated heterocycles. The summed E-state index contributed by atoms with van der Waals surface area (Å²) < 4.78 is 5.58. The molecular weight excluding hydrogens is 266 g/mol. The van der Waals surface area contributed by atoms with Crippen LogP contribution in [-0.4, -0.2) is 17.9 Å². The van der Waals surface area contributed by atoms with Gasteiger partial charge in [0, 0.05) is 30.9 Å². The summed E-state index contributed by atoms with van der Waals surface area (Å²) in [5, 5.41) is 0. The predicted octanol–water partition coefficient (Wildman–Crippen LogP) is 3.52.